The van der Waals surface area contributed by atoms with Crippen molar-refractivity contribution in [2.24, 2.45) is 5.16 Å². The van der Waals surface area contributed by atoms with E-state index >= 15 is 0 Å². The molecule has 2 heteroatoms. The SMILES string of the molecule is CC(=NOC(C)C)c1[c]cccc1. The first kappa shape index (κ1) is 9.78. The molecule has 0 saturated carbocycles. The molecule has 0 atom stereocenters. The molecule has 13 heavy (non-hydrogen) atoms. The summed E-state index contributed by atoms with van der Waals surface area (Å²) in [6.07, 6.45) is 0.124. The average molecular weight is 176 g/mol. The van der Waals surface area contributed by atoms with E-state index in [4.69, 9.17) is 4.84 Å². The zero-order valence-electron chi connectivity index (χ0n) is 8.24. The van der Waals surface area contributed by atoms with Crippen molar-refractivity contribution in [3.63, 3.8) is 0 Å². The predicted octanol–water partition coefficient (Wildman–Crippen LogP) is 2.64. The zero-order chi connectivity index (χ0) is 9.68. The van der Waals surface area contributed by atoms with E-state index in [1.54, 1.807) is 0 Å². The normalized spacial score (nSPS) is 11.8. The van der Waals surface area contributed by atoms with Crippen LogP contribution in [0.2, 0.25) is 0 Å². The number of oxime groups is 1. The molecule has 2 nitrogen and oxygen atoms in total. The number of rotatable bonds is 3. The molecular formula is C11H14NO. The summed E-state index contributed by atoms with van der Waals surface area (Å²) in [4.78, 5) is 5.13. The Morgan fingerprint density at radius 2 is 2.23 bits per heavy atom. The van der Waals surface area contributed by atoms with Crippen LogP contribution in [0.4, 0.5) is 0 Å². The van der Waals surface area contributed by atoms with Gasteiger partial charge in [-0.15, -0.1) is 0 Å². The monoisotopic (exact) mass is 176 g/mol. The van der Waals surface area contributed by atoms with E-state index in [9.17, 15) is 0 Å². The van der Waals surface area contributed by atoms with Crippen molar-refractivity contribution in [2.75, 3.05) is 0 Å². The van der Waals surface area contributed by atoms with E-state index < -0.39 is 0 Å². The van der Waals surface area contributed by atoms with Crippen LogP contribution in [-0.4, -0.2) is 11.8 Å². The van der Waals surface area contributed by atoms with Crippen LogP contribution in [0.25, 0.3) is 0 Å². The molecule has 0 saturated heterocycles. The maximum Gasteiger partial charge on any atom is 0.122 e. The molecule has 1 radical (unpaired) electrons. The molecule has 0 aliphatic carbocycles. The van der Waals surface area contributed by atoms with Crippen LogP contribution in [-0.2, 0) is 4.84 Å². The molecule has 1 rings (SSSR count). The highest BCUT2D eigenvalue weighted by Gasteiger charge is 1.97. The number of hydrogen-bond donors (Lipinski definition) is 0. The molecule has 0 N–H and O–H groups in total. The largest absolute Gasteiger partial charge is 0.393 e. The Morgan fingerprint density at radius 1 is 1.46 bits per heavy atom. The lowest BCUT2D eigenvalue weighted by atomic mass is 10.1. The highest BCUT2D eigenvalue weighted by molar-refractivity contribution is 5.97. The van der Waals surface area contributed by atoms with Gasteiger partial charge in [0.15, 0.2) is 0 Å². The van der Waals surface area contributed by atoms with E-state index in [-0.39, 0.29) is 6.10 Å². The first-order valence-electron chi connectivity index (χ1n) is 4.37. The van der Waals surface area contributed by atoms with E-state index in [2.05, 4.69) is 11.2 Å². The summed E-state index contributed by atoms with van der Waals surface area (Å²) in [5.74, 6) is 0. The minimum atomic E-state index is 0.124. The first-order chi connectivity index (χ1) is 6.20. The molecule has 0 heterocycles. The third-order valence-corrected chi connectivity index (χ3v) is 1.50. The van der Waals surface area contributed by atoms with Crippen molar-refractivity contribution in [2.45, 2.75) is 26.9 Å². The van der Waals surface area contributed by atoms with Gasteiger partial charge in [0.2, 0.25) is 0 Å². The fourth-order valence-corrected chi connectivity index (χ4v) is 0.852. The molecular weight excluding hydrogens is 162 g/mol. The number of benzene rings is 1. The third kappa shape index (κ3) is 3.28. The van der Waals surface area contributed by atoms with Crippen LogP contribution < -0.4 is 0 Å². The van der Waals surface area contributed by atoms with Gasteiger partial charge in [-0.1, -0.05) is 29.4 Å². The van der Waals surface area contributed by atoms with E-state index in [1.807, 2.05) is 45.0 Å². The first-order valence-corrected chi connectivity index (χ1v) is 4.37. The van der Waals surface area contributed by atoms with E-state index in [1.165, 1.54) is 0 Å². The average Bonchev–Trinajstić information content (AvgIpc) is 2.15. The topological polar surface area (TPSA) is 21.6 Å². The Bertz CT molecular complexity index is 277. The summed E-state index contributed by atoms with van der Waals surface area (Å²) < 4.78 is 0. The van der Waals surface area contributed by atoms with Gasteiger partial charge in [-0.3, -0.25) is 0 Å². The number of hydrogen-bond acceptors (Lipinski definition) is 2. The van der Waals surface area contributed by atoms with Gasteiger partial charge in [0.1, 0.15) is 6.10 Å². The van der Waals surface area contributed by atoms with Gasteiger partial charge in [-0.2, -0.15) is 0 Å². The minimum Gasteiger partial charge on any atom is -0.393 e. The van der Waals surface area contributed by atoms with Crippen LogP contribution in [0.15, 0.2) is 29.4 Å². The Hall–Kier alpha value is -1.31. The molecule has 69 valence electrons. The number of nitrogens with zero attached hydrogens (tertiary/aromatic N) is 1. The summed E-state index contributed by atoms with van der Waals surface area (Å²) >= 11 is 0. The third-order valence-electron chi connectivity index (χ3n) is 1.50. The van der Waals surface area contributed by atoms with Crippen LogP contribution >= 0.6 is 0 Å². The molecule has 0 unspecified atom stereocenters. The molecule has 0 aliphatic heterocycles. The minimum absolute atomic E-state index is 0.124. The molecule has 0 aliphatic rings. The maximum absolute atomic E-state index is 5.13. The van der Waals surface area contributed by atoms with Gasteiger partial charge in [-0.05, 0) is 26.8 Å². The molecule has 0 aromatic heterocycles. The van der Waals surface area contributed by atoms with Crippen molar-refractivity contribution < 1.29 is 4.84 Å². The molecule has 0 spiro atoms. The quantitative estimate of drug-likeness (QED) is 0.512. The maximum atomic E-state index is 5.13. The standard InChI is InChI=1S/C11H14NO/c1-9(2)13-12-10(3)11-7-5-4-6-8-11/h4-7,9H,1-3H3. The van der Waals surface area contributed by atoms with Crippen molar-refractivity contribution in [3.8, 4) is 0 Å². The van der Waals surface area contributed by atoms with Gasteiger partial charge in [0, 0.05) is 5.56 Å². The van der Waals surface area contributed by atoms with Crippen LogP contribution in [0, 0.1) is 6.07 Å². The predicted molar refractivity (Wildman–Crippen MR) is 53.7 cm³/mol. The Labute approximate surface area is 79.2 Å². The van der Waals surface area contributed by atoms with E-state index in [0.717, 1.165) is 11.3 Å². The molecule has 0 amide bonds. The second-order valence-corrected chi connectivity index (χ2v) is 3.11. The van der Waals surface area contributed by atoms with Gasteiger partial charge in [-0.25, -0.2) is 0 Å². The van der Waals surface area contributed by atoms with Gasteiger partial charge in [0.05, 0.1) is 5.71 Å². The molecule has 0 fully saturated rings. The van der Waals surface area contributed by atoms with Crippen molar-refractivity contribution in [3.05, 3.63) is 35.9 Å². The summed E-state index contributed by atoms with van der Waals surface area (Å²) in [6.45, 7) is 5.81. The summed E-state index contributed by atoms with van der Waals surface area (Å²) in [5.41, 5.74) is 1.83. The summed E-state index contributed by atoms with van der Waals surface area (Å²) in [7, 11) is 0. The molecule has 0 bridgehead atoms. The van der Waals surface area contributed by atoms with Gasteiger partial charge in [0.25, 0.3) is 0 Å². The Balaban J connectivity index is 2.68. The fraction of sp³-hybridized carbons (Fsp3) is 0.364. The van der Waals surface area contributed by atoms with Crippen LogP contribution in [0.1, 0.15) is 26.3 Å². The highest BCUT2D eigenvalue weighted by atomic mass is 16.6. The van der Waals surface area contributed by atoms with Crippen molar-refractivity contribution >= 4 is 5.71 Å². The second kappa shape index (κ2) is 4.65. The van der Waals surface area contributed by atoms with Gasteiger partial charge >= 0.3 is 0 Å². The Kier molecular flexibility index (Phi) is 3.50. The highest BCUT2D eigenvalue weighted by Crippen LogP contribution is 2.01. The van der Waals surface area contributed by atoms with Crippen LogP contribution in [0.3, 0.4) is 0 Å². The molecule has 1 aromatic rings. The summed E-state index contributed by atoms with van der Waals surface area (Å²) in [6, 6.07) is 10.8. The van der Waals surface area contributed by atoms with Crippen molar-refractivity contribution in [1.29, 1.82) is 0 Å². The van der Waals surface area contributed by atoms with Crippen LogP contribution in [0.5, 0.6) is 0 Å². The fourth-order valence-electron chi connectivity index (χ4n) is 0.852. The smallest absolute Gasteiger partial charge is 0.122 e. The summed E-state index contributed by atoms with van der Waals surface area (Å²) in [5, 5.41) is 3.98. The Morgan fingerprint density at radius 3 is 2.77 bits per heavy atom. The van der Waals surface area contributed by atoms with E-state index in [0.29, 0.717) is 0 Å². The van der Waals surface area contributed by atoms with Gasteiger partial charge < -0.3 is 4.84 Å². The van der Waals surface area contributed by atoms with Crippen molar-refractivity contribution in [1.82, 2.24) is 0 Å². The molecule has 1 aromatic carbocycles. The zero-order valence-corrected chi connectivity index (χ0v) is 8.24. The lowest BCUT2D eigenvalue weighted by molar-refractivity contribution is 0.0860. The second-order valence-electron chi connectivity index (χ2n) is 3.11. The lowest BCUT2D eigenvalue weighted by Gasteiger charge is -2.03. The lowest BCUT2D eigenvalue weighted by Crippen LogP contribution is -2.01.